The van der Waals surface area contributed by atoms with Crippen molar-refractivity contribution in [2.24, 2.45) is 0 Å². The largest absolute Gasteiger partial charge is 0.496 e. The summed E-state index contributed by atoms with van der Waals surface area (Å²) in [6.07, 6.45) is -0.841. The van der Waals surface area contributed by atoms with Gasteiger partial charge in [0.2, 0.25) is 0 Å². The molecular weight excluding hydrogens is 304 g/mol. The van der Waals surface area contributed by atoms with Crippen molar-refractivity contribution in [1.82, 2.24) is 5.32 Å². The zero-order chi connectivity index (χ0) is 17.7. The van der Waals surface area contributed by atoms with Gasteiger partial charge < -0.3 is 20.5 Å². The molecule has 0 radical (unpaired) electrons. The lowest BCUT2D eigenvalue weighted by molar-refractivity contribution is 0.171. The van der Waals surface area contributed by atoms with Crippen molar-refractivity contribution in [3.63, 3.8) is 0 Å². The number of aliphatic hydroxyl groups excluding tert-OH is 1. The fourth-order valence-electron chi connectivity index (χ4n) is 2.78. The van der Waals surface area contributed by atoms with E-state index in [-0.39, 0.29) is 12.6 Å². The smallest absolute Gasteiger partial charge is 0.319 e. The van der Waals surface area contributed by atoms with Gasteiger partial charge in [-0.15, -0.1) is 0 Å². The number of aryl methyl sites for hydroxylation is 3. The van der Waals surface area contributed by atoms with Gasteiger partial charge in [-0.05, 0) is 38.0 Å². The number of para-hydroxylation sites is 1. The molecule has 2 aromatic carbocycles. The van der Waals surface area contributed by atoms with Crippen LogP contribution in [0.25, 0.3) is 0 Å². The Balaban J connectivity index is 1.99. The second-order valence-corrected chi connectivity index (χ2v) is 5.87. The van der Waals surface area contributed by atoms with Crippen molar-refractivity contribution in [2.75, 3.05) is 19.0 Å². The number of carbonyl (C=O) groups excluding carboxylic acids is 1. The molecule has 2 aromatic rings. The van der Waals surface area contributed by atoms with Gasteiger partial charge in [-0.1, -0.05) is 35.9 Å². The number of nitrogens with one attached hydrogen (secondary N) is 2. The Labute approximate surface area is 142 Å². The van der Waals surface area contributed by atoms with Gasteiger partial charge in [-0.2, -0.15) is 0 Å². The van der Waals surface area contributed by atoms with Gasteiger partial charge in [0.25, 0.3) is 0 Å². The van der Waals surface area contributed by atoms with E-state index in [0.29, 0.717) is 11.3 Å². The molecule has 3 N–H and O–H groups in total. The van der Waals surface area contributed by atoms with Gasteiger partial charge >= 0.3 is 6.03 Å². The summed E-state index contributed by atoms with van der Waals surface area (Å²) in [5, 5.41) is 15.8. The third kappa shape index (κ3) is 4.26. The fraction of sp³-hybridized carbons (Fsp3) is 0.316. The van der Waals surface area contributed by atoms with E-state index in [9.17, 15) is 9.90 Å². The second-order valence-electron chi connectivity index (χ2n) is 5.87. The van der Waals surface area contributed by atoms with Crippen LogP contribution in [0, 0.1) is 20.8 Å². The van der Waals surface area contributed by atoms with Crippen molar-refractivity contribution < 1.29 is 14.6 Å². The standard InChI is InChI=1S/C19H24N2O3/c1-12-9-13(2)18(14(3)10-12)21-19(23)20-11-16(22)15-7-5-6-8-17(15)24-4/h5-10,16,22H,11H2,1-4H3,(H2,20,21,23)/t16-/m1/s1. The number of aliphatic hydroxyl groups is 1. The van der Waals surface area contributed by atoms with Crippen LogP contribution in [0.2, 0.25) is 0 Å². The molecule has 0 saturated heterocycles. The van der Waals surface area contributed by atoms with Crippen molar-refractivity contribution in [3.8, 4) is 5.75 Å². The van der Waals surface area contributed by atoms with E-state index in [1.165, 1.54) is 0 Å². The third-order valence-corrected chi connectivity index (χ3v) is 3.87. The minimum Gasteiger partial charge on any atom is -0.496 e. The molecule has 2 amide bonds. The number of carbonyl (C=O) groups is 1. The fourth-order valence-corrected chi connectivity index (χ4v) is 2.78. The monoisotopic (exact) mass is 328 g/mol. The lowest BCUT2D eigenvalue weighted by Crippen LogP contribution is -2.33. The average molecular weight is 328 g/mol. The van der Waals surface area contributed by atoms with E-state index in [0.717, 1.165) is 22.4 Å². The van der Waals surface area contributed by atoms with Gasteiger partial charge in [-0.25, -0.2) is 4.79 Å². The lowest BCUT2D eigenvalue weighted by atomic mass is 10.1. The highest BCUT2D eigenvalue weighted by molar-refractivity contribution is 5.91. The summed E-state index contributed by atoms with van der Waals surface area (Å²) in [6, 6.07) is 10.9. The van der Waals surface area contributed by atoms with Crippen molar-refractivity contribution in [1.29, 1.82) is 0 Å². The lowest BCUT2D eigenvalue weighted by Gasteiger charge is -2.17. The summed E-state index contributed by atoms with van der Waals surface area (Å²) in [4.78, 5) is 12.1. The highest BCUT2D eigenvalue weighted by Gasteiger charge is 2.14. The van der Waals surface area contributed by atoms with Gasteiger partial charge in [0.1, 0.15) is 5.75 Å². The highest BCUT2D eigenvalue weighted by Crippen LogP contribution is 2.24. The number of benzene rings is 2. The summed E-state index contributed by atoms with van der Waals surface area (Å²) in [6.45, 7) is 6.03. The number of rotatable bonds is 5. The van der Waals surface area contributed by atoms with Crippen LogP contribution in [-0.2, 0) is 0 Å². The molecular formula is C19H24N2O3. The van der Waals surface area contributed by atoms with Crippen LogP contribution in [0.5, 0.6) is 5.75 Å². The minimum atomic E-state index is -0.841. The molecule has 0 aromatic heterocycles. The van der Waals surface area contributed by atoms with Gasteiger partial charge in [0.15, 0.2) is 0 Å². The molecule has 0 bridgehead atoms. The molecule has 0 heterocycles. The minimum absolute atomic E-state index is 0.0934. The summed E-state index contributed by atoms with van der Waals surface area (Å²) >= 11 is 0. The molecule has 128 valence electrons. The molecule has 0 unspecified atom stereocenters. The van der Waals surface area contributed by atoms with Crippen molar-refractivity contribution >= 4 is 11.7 Å². The van der Waals surface area contributed by atoms with Gasteiger partial charge in [0.05, 0.1) is 13.2 Å². The van der Waals surface area contributed by atoms with Crippen LogP contribution in [0.4, 0.5) is 10.5 Å². The molecule has 0 fully saturated rings. The molecule has 5 heteroatoms. The molecule has 1 atom stereocenters. The molecule has 2 rings (SSSR count). The second kappa shape index (κ2) is 7.84. The zero-order valence-electron chi connectivity index (χ0n) is 14.5. The molecule has 0 aliphatic carbocycles. The topological polar surface area (TPSA) is 70.6 Å². The number of hydrogen-bond acceptors (Lipinski definition) is 3. The van der Waals surface area contributed by atoms with E-state index in [4.69, 9.17) is 4.74 Å². The summed E-state index contributed by atoms with van der Waals surface area (Å²) in [5.41, 5.74) is 4.61. The molecule has 0 saturated carbocycles. The van der Waals surface area contributed by atoms with E-state index in [2.05, 4.69) is 10.6 Å². The SMILES string of the molecule is COc1ccccc1[C@H](O)CNC(=O)Nc1c(C)cc(C)cc1C. The van der Waals surface area contributed by atoms with E-state index in [1.54, 1.807) is 19.2 Å². The molecule has 5 nitrogen and oxygen atoms in total. The predicted octanol–water partition coefficient (Wildman–Crippen LogP) is 3.48. The summed E-state index contributed by atoms with van der Waals surface area (Å²) < 4.78 is 5.22. The van der Waals surface area contributed by atoms with E-state index >= 15 is 0 Å². The predicted molar refractivity (Wildman–Crippen MR) is 95.6 cm³/mol. The maximum atomic E-state index is 12.1. The summed E-state index contributed by atoms with van der Waals surface area (Å²) in [5.74, 6) is 0.595. The first-order chi connectivity index (χ1) is 11.4. The Bertz CT molecular complexity index is 705. The third-order valence-electron chi connectivity index (χ3n) is 3.87. The number of amides is 2. The van der Waals surface area contributed by atoms with Crippen LogP contribution in [-0.4, -0.2) is 24.8 Å². The van der Waals surface area contributed by atoms with Crippen LogP contribution >= 0.6 is 0 Å². The maximum absolute atomic E-state index is 12.1. The average Bonchev–Trinajstić information content (AvgIpc) is 2.55. The number of ether oxygens (including phenoxy) is 1. The summed E-state index contributed by atoms with van der Waals surface area (Å²) in [7, 11) is 1.55. The molecule has 0 aliphatic rings. The number of anilines is 1. The highest BCUT2D eigenvalue weighted by atomic mass is 16.5. The Morgan fingerprint density at radius 2 is 1.79 bits per heavy atom. The van der Waals surface area contributed by atoms with E-state index < -0.39 is 6.10 Å². The van der Waals surface area contributed by atoms with Gasteiger partial charge in [-0.3, -0.25) is 0 Å². The zero-order valence-corrected chi connectivity index (χ0v) is 14.5. The van der Waals surface area contributed by atoms with Gasteiger partial charge in [0, 0.05) is 17.8 Å². The Morgan fingerprint density at radius 1 is 1.17 bits per heavy atom. The van der Waals surface area contributed by atoms with Crippen LogP contribution in [0.15, 0.2) is 36.4 Å². The number of urea groups is 1. The van der Waals surface area contributed by atoms with Crippen LogP contribution in [0.1, 0.15) is 28.4 Å². The number of methoxy groups -OCH3 is 1. The van der Waals surface area contributed by atoms with E-state index in [1.807, 2.05) is 45.0 Å². The Kier molecular flexibility index (Phi) is 5.82. The van der Waals surface area contributed by atoms with Crippen molar-refractivity contribution in [2.45, 2.75) is 26.9 Å². The first kappa shape index (κ1) is 17.8. The first-order valence-electron chi connectivity index (χ1n) is 7.86. The van der Waals surface area contributed by atoms with Crippen molar-refractivity contribution in [3.05, 3.63) is 58.7 Å². The van der Waals surface area contributed by atoms with Crippen LogP contribution < -0.4 is 15.4 Å². The quantitative estimate of drug-likeness (QED) is 0.787. The molecule has 0 spiro atoms. The number of hydrogen-bond donors (Lipinski definition) is 3. The normalized spacial score (nSPS) is 11.7. The first-order valence-corrected chi connectivity index (χ1v) is 7.86. The Morgan fingerprint density at radius 3 is 2.42 bits per heavy atom. The maximum Gasteiger partial charge on any atom is 0.319 e. The Hall–Kier alpha value is -2.53. The molecule has 24 heavy (non-hydrogen) atoms. The molecule has 0 aliphatic heterocycles. The van der Waals surface area contributed by atoms with Crippen LogP contribution in [0.3, 0.4) is 0 Å².